The number of benzene rings is 1. The Bertz CT molecular complexity index is 543. The highest BCUT2D eigenvalue weighted by Gasteiger charge is 2.17. The van der Waals surface area contributed by atoms with Crippen LogP contribution in [-0.2, 0) is 4.74 Å². The minimum absolute atomic E-state index is 0.291. The standard InChI is InChI=1S/C13H11FO2S/c1-8-12(9-3-5-10(14)6-4-9)11(7-17-8)13(15)16-2/h3-7H,1-2H3. The molecular formula is C13H11FO2S. The van der Waals surface area contributed by atoms with Crippen LogP contribution in [0, 0.1) is 12.7 Å². The second-order valence-corrected chi connectivity index (χ2v) is 4.66. The van der Waals surface area contributed by atoms with Crippen molar-refractivity contribution in [2.75, 3.05) is 7.11 Å². The van der Waals surface area contributed by atoms with Crippen molar-refractivity contribution in [1.82, 2.24) is 0 Å². The Morgan fingerprint density at radius 2 is 1.94 bits per heavy atom. The maximum atomic E-state index is 12.9. The Morgan fingerprint density at radius 1 is 1.29 bits per heavy atom. The molecule has 88 valence electrons. The molecule has 0 bridgehead atoms. The van der Waals surface area contributed by atoms with E-state index in [1.807, 2.05) is 6.92 Å². The molecule has 0 radical (unpaired) electrons. The van der Waals surface area contributed by atoms with Gasteiger partial charge in [-0.25, -0.2) is 9.18 Å². The van der Waals surface area contributed by atoms with Crippen molar-refractivity contribution in [2.24, 2.45) is 0 Å². The van der Waals surface area contributed by atoms with Crippen molar-refractivity contribution in [1.29, 1.82) is 0 Å². The van der Waals surface area contributed by atoms with Gasteiger partial charge in [0.25, 0.3) is 0 Å². The molecule has 1 aromatic heterocycles. The fraction of sp³-hybridized carbons (Fsp3) is 0.154. The average molecular weight is 250 g/mol. The molecule has 0 aliphatic heterocycles. The van der Waals surface area contributed by atoms with Crippen LogP contribution in [0.4, 0.5) is 4.39 Å². The molecule has 0 N–H and O–H groups in total. The third-order valence-electron chi connectivity index (χ3n) is 2.51. The van der Waals surface area contributed by atoms with E-state index in [2.05, 4.69) is 0 Å². The normalized spacial score (nSPS) is 10.3. The van der Waals surface area contributed by atoms with Crippen molar-refractivity contribution in [2.45, 2.75) is 6.92 Å². The number of carbonyl (C=O) groups is 1. The number of rotatable bonds is 2. The maximum absolute atomic E-state index is 12.9. The van der Waals surface area contributed by atoms with Crippen LogP contribution in [0.25, 0.3) is 11.1 Å². The fourth-order valence-corrected chi connectivity index (χ4v) is 2.54. The molecule has 1 aromatic carbocycles. The van der Waals surface area contributed by atoms with Crippen molar-refractivity contribution < 1.29 is 13.9 Å². The summed E-state index contributed by atoms with van der Waals surface area (Å²) in [6.07, 6.45) is 0. The van der Waals surface area contributed by atoms with Crippen LogP contribution in [0.3, 0.4) is 0 Å². The van der Waals surface area contributed by atoms with Crippen LogP contribution in [0.1, 0.15) is 15.2 Å². The van der Waals surface area contributed by atoms with Gasteiger partial charge in [0.15, 0.2) is 0 Å². The summed E-state index contributed by atoms with van der Waals surface area (Å²) < 4.78 is 17.6. The molecule has 0 unspecified atom stereocenters. The number of esters is 1. The Morgan fingerprint density at radius 3 is 2.53 bits per heavy atom. The smallest absolute Gasteiger partial charge is 0.339 e. The van der Waals surface area contributed by atoms with E-state index in [0.29, 0.717) is 5.56 Å². The van der Waals surface area contributed by atoms with Crippen molar-refractivity contribution in [3.05, 3.63) is 45.9 Å². The van der Waals surface area contributed by atoms with E-state index in [4.69, 9.17) is 4.74 Å². The lowest BCUT2D eigenvalue weighted by molar-refractivity contribution is 0.0602. The van der Waals surface area contributed by atoms with Crippen LogP contribution in [-0.4, -0.2) is 13.1 Å². The zero-order valence-electron chi connectivity index (χ0n) is 9.49. The van der Waals surface area contributed by atoms with Crippen molar-refractivity contribution in [3.8, 4) is 11.1 Å². The first-order valence-corrected chi connectivity index (χ1v) is 5.94. The van der Waals surface area contributed by atoms with Crippen LogP contribution in [0.2, 0.25) is 0 Å². The highest BCUT2D eigenvalue weighted by atomic mass is 32.1. The highest BCUT2D eigenvalue weighted by Crippen LogP contribution is 2.32. The third kappa shape index (κ3) is 2.22. The van der Waals surface area contributed by atoms with Gasteiger partial charge in [-0.1, -0.05) is 12.1 Å². The summed E-state index contributed by atoms with van der Waals surface area (Å²) in [5.74, 6) is -0.657. The average Bonchev–Trinajstić information content (AvgIpc) is 2.71. The van der Waals surface area contributed by atoms with Gasteiger partial charge in [0, 0.05) is 15.8 Å². The fourth-order valence-electron chi connectivity index (χ4n) is 1.69. The summed E-state index contributed by atoms with van der Waals surface area (Å²) in [5.41, 5.74) is 2.18. The molecule has 0 fully saturated rings. The van der Waals surface area contributed by atoms with Crippen LogP contribution in [0.5, 0.6) is 0 Å². The number of methoxy groups -OCH3 is 1. The molecule has 0 aliphatic carbocycles. The monoisotopic (exact) mass is 250 g/mol. The quantitative estimate of drug-likeness (QED) is 0.760. The van der Waals surface area contributed by atoms with Gasteiger partial charge < -0.3 is 4.74 Å². The van der Waals surface area contributed by atoms with Crippen LogP contribution in [0.15, 0.2) is 29.6 Å². The lowest BCUT2D eigenvalue weighted by atomic mass is 10.0. The van der Waals surface area contributed by atoms with Gasteiger partial charge in [-0.15, -0.1) is 11.3 Å². The number of halogens is 1. The summed E-state index contributed by atoms with van der Waals surface area (Å²) in [6, 6.07) is 6.09. The number of ether oxygens (including phenoxy) is 1. The van der Waals surface area contributed by atoms with Gasteiger partial charge in [0.2, 0.25) is 0 Å². The van der Waals surface area contributed by atoms with E-state index in [0.717, 1.165) is 16.0 Å². The van der Waals surface area contributed by atoms with E-state index >= 15 is 0 Å². The summed E-state index contributed by atoms with van der Waals surface area (Å²) in [4.78, 5) is 12.6. The molecule has 2 rings (SSSR count). The van der Waals surface area contributed by atoms with E-state index in [-0.39, 0.29) is 11.8 Å². The predicted molar refractivity (Wildman–Crippen MR) is 65.8 cm³/mol. The molecule has 1 heterocycles. The molecule has 2 nitrogen and oxygen atoms in total. The predicted octanol–water partition coefficient (Wildman–Crippen LogP) is 3.65. The summed E-state index contributed by atoms with van der Waals surface area (Å²) in [6.45, 7) is 1.93. The molecule has 0 saturated carbocycles. The molecule has 0 spiro atoms. The second-order valence-electron chi connectivity index (χ2n) is 3.58. The van der Waals surface area contributed by atoms with Crippen molar-refractivity contribution >= 4 is 17.3 Å². The first-order chi connectivity index (χ1) is 8.13. The van der Waals surface area contributed by atoms with E-state index < -0.39 is 0 Å². The first-order valence-electron chi connectivity index (χ1n) is 5.06. The van der Waals surface area contributed by atoms with Gasteiger partial charge in [-0.3, -0.25) is 0 Å². The lowest BCUT2D eigenvalue weighted by Crippen LogP contribution is -2.01. The zero-order chi connectivity index (χ0) is 12.4. The Balaban J connectivity index is 2.54. The molecule has 0 amide bonds. The molecule has 2 aromatic rings. The number of hydrogen-bond acceptors (Lipinski definition) is 3. The van der Waals surface area contributed by atoms with Crippen LogP contribution < -0.4 is 0 Å². The first kappa shape index (κ1) is 11.8. The van der Waals surface area contributed by atoms with Gasteiger partial charge >= 0.3 is 5.97 Å². The molecule has 0 saturated heterocycles. The number of thiophene rings is 1. The number of aryl methyl sites for hydroxylation is 1. The molecular weight excluding hydrogens is 239 g/mol. The second kappa shape index (κ2) is 4.67. The van der Waals surface area contributed by atoms with Crippen molar-refractivity contribution in [3.63, 3.8) is 0 Å². The van der Waals surface area contributed by atoms with Gasteiger partial charge in [0.1, 0.15) is 5.82 Å². The largest absolute Gasteiger partial charge is 0.465 e. The molecule has 17 heavy (non-hydrogen) atoms. The van der Waals surface area contributed by atoms with E-state index in [1.165, 1.54) is 30.6 Å². The summed E-state index contributed by atoms with van der Waals surface area (Å²) in [5, 5.41) is 1.76. The Labute approximate surface area is 103 Å². The zero-order valence-corrected chi connectivity index (χ0v) is 10.3. The number of hydrogen-bond donors (Lipinski definition) is 0. The molecule has 4 heteroatoms. The van der Waals surface area contributed by atoms with E-state index in [1.54, 1.807) is 17.5 Å². The maximum Gasteiger partial charge on any atom is 0.339 e. The van der Waals surface area contributed by atoms with Gasteiger partial charge in [-0.2, -0.15) is 0 Å². The third-order valence-corrected chi connectivity index (χ3v) is 3.42. The highest BCUT2D eigenvalue weighted by molar-refractivity contribution is 7.10. The summed E-state index contributed by atoms with van der Waals surface area (Å²) >= 11 is 1.48. The number of carbonyl (C=O) groups excluding carboxylic acids is 1. The Kier molecular flexibility index (Phi) is 3.24. The Hall–Kier alpha value is -1.68. The van der Waals surface area contributed by atoms with Gasteiger partial charge in [0.05, 0.1) is 12.7 Å². The SMILES string of the molecule is COC(=O)c1csc(C)c1-c1ccc(F)cc1. The minimum atomic E-state index is -0.367. The molecule has 0 atom stereocenters. The van der Waals surface area contributed by atoms with E-state index in [9.17, 15) is 9.18 Å². The minimum Gasteiger partial charge on any atom is -0.465 e. The van der Waals surface area contributed by atoms with Gasteiger partial charge in [-0.05, 0) is 24.6 Å². The van der Waals surface area contributed by atoms with Crippen LogP contribution >= 0.6 is 11.3 Å². The topological polar surface area (TPSA) is 26.3 Å². The lowest BCUT2D eigenvalue weighted by Gasteiger charge is -2.04. The molecule has 0 aliphatic rings. The summed E-state index contributed by atoms with van der Waals surface area (Å²) in [7, 11) is 1.35.